The Kier molecular flexibility index (Phi) is 4.70. The summed E-state index contributed by atoms with van der Waals surface area (Å²) in [7, 11) is 0. The zero-order chi connectivity index (χ0) is 12.9. The molecule has 0 saturated heterocycles. The van der Waals surface area contributed by atoms with Gasteiger partial charge in [-0.3, -0.25) is 4.79 Å². The van der Waals surface area contributed by atoms with Crippen LogP contribution < -0.4 is 0 Å². The van der Waals surface area contributed by atoms with Crippen molar-refractivity contribution in [3.05, 3.63) is 35.4 Å². The predicted octanol–water partition coefficient (Wildman–Crippen LogP) is 2.31. The minimum atomic E-state index is -0.517. The van der Waals surface area contributed by atoms with Crippen molar-refractivity contribution in [2.45, 2.75) is 33.8 Å². The summed E-state index contributed by atoms with van der Waals surface area (Å²) in [4.78, 5) is 11.7. The molecule has 0 aliphatic carbocycles. The summed E-state index contributed by atoms with van der Waals surface area (Å²) in [6, 6.07) is 7.62. The van der Waals surface area contributed by atoms with E-state index in [1.807, 2.05) is 45.0 Å². The highest BCUT2D eigenvalue weighted by molar-refractivity contribution is 5.76. The van der Waals surface area contributed by atoms with Gasteiger partial charge in [-0.05, 0) is 38.3 Å². The van der Waals surface area contributed by atoms with E-state index < -0.39 is 5.41 Å². The normalized spacial score (nSPS) is 11.3. The molecule has 0 aliphatic heterocycles. The van der Waals surface area contributed by atoms with Gasteiger partial charge in [0.1, 0.15) is 0 Å². The Morgan fingerprint density at radius 3 is 2.24 bits per heavy atom. The average Bonchev–Trinajstić information content (AvgIpc) is 2.30. The lowest BCUT2D eigenvalue weighted by Gasteiger charge is -2.22. The van der Waals surface area contributed by atoms with Crippen molar-refractivity contribution < 1.29 is 14.6 Å². The van der Waals surface area contributed by atoms with Crippen LogP contribution in [0, 0.1) is 5.41 Å². The van der Waals surface area contributed by atoms with Gasteiger partial charge in [0.2, 0.25) is 0 Å². The summed E-state index contributed by atoms with van der Waals surface area (Å²) in [6.07, 6.45) is 0.636. The second-order valence-electron chi connectivity index (χ2n) is 4.76. The van der Waals surface area contributed by atoms with E-state index in [4.69, 9.17) is 9.84 Å². The van der Waals surface area contributed by atoms with Crippen LogP contribution in [0.1, 0.15) is 31.9 Å². The number of esters is 1. The molecular formula is C14H20O3. The third-order valence-corrected chi connectivity index (χ3v) is 2.68. The minimum absolute atomic E-state index is 0.0432. The number of benzene rings is 1. The first-order valence-corrected chi connectivity index (χ1v) is 5.85. The Bertz CT molecular complexity index is 366. The molecule has 0 atom stereocenters. The summed E-state index contributed by atoms with van der Waals surface area (Å²) >= 11 is 0. The summed E-state index contributed by atoms with van der Waals surface area (Å²) < 4.78 is 5.04. The molecule has 0 aliphatic rings. The highest BCUT2D eigenvalue weighted by Crippen LogP contribution is 2.23. The molecule has 0 fully saturated rings. The molecule has 0 aromatic heterocycles. The quantitative estimate of drug-likeness (QED) is 0.798. The minimum Gasteiger partial charge on any atom is -0.466 e. The van der Waals surface area contributed by atoms with Crippen molar-refractivity contribution in [2.75, 3.05) is 6.61 Å². The summed E-state index contributed by atoms with van der Waals surface area (Å²) in [6.45, 7) is 6.02. The second-order valence-corrected chi connectivity index (χ2v) is 4.76. The first-order chi connectivity index (χ1) is 7.99. The SMILES string of the molecule is CCOC(=O)C(C)(C)Cc1ccc(CO)cc1. The van der Waals surface area contributed by atoms with Crippen molar-refractivity contribution in [3.63, 3.8) is 0 Å². The molecule has 0 saturated carbocycles. The fourth-order valence-corrected chi connectivity index (χ4v) is 1.67. The van der Waals surface area contributed by atoms with Crippen LogP contribution >= 0.6 is 0 Å². The van der Waals surface area contributed by atoms with Gasteiger partial charge in [-0.25, -0.2) is 0 Å². The number of hydrogen-bond acceptors (Lipinski definition) is 3. The van der Waals surface area contributed by atoms with Crippen LogP contribution in [-0.4, -0.2) is 17.7 Å². The Labute approximate surface area is 102 Å². The fraction of sp³-hybridized carbons (Fsp3) is 0.500. The Morgan fingerprint density at radius 1 is 1.24 bits per heavy atom. The summed E-state index contributed by atoms with van der Waals surface area (Å²) in [5.74, 6) is -0.175. The van der Waals surface area contributed by atoms with Gasteiger partial charge in [0, 0.05) is 0 Å². The Balaban J connectivity index is 2.71. The van der Waals surface area contributed by atoms with Crippen molar-refractivity contribution in [3.8, 4) is 0 Å². The van der Waals surface area contributed by atoms with E-state index in [2.05, 4.69) is 0 Å². The number of aliphatic hydroxyl groups is 1. The van der Waals surface area contributed by atoms with Crippen LogP contribution in [0.4, 0.5) is 0 Å². The molecule has 0 spiro atoms. The molecule has 1 aromatic carbocycles. The van der Waals surface area contributed by atoms with E-state index in [0.29, 0.717) is 13.0 Å². The van der Waals surface area contributed by atoms with Crippen LogP contribution in [0.15, 0.2) is 24.3 Å². The number of carbonyl (C=O) groups excluding carboxylic acids is 1. The third-order valence-electron chi connectivity index (χ3n) is 2.68. The third kappa shape index (κ3) is 3.86. The number of rotatable bonds is 5. The fourth-order valence-electron chi connectivity index (χ4n) is 1.67. The lowest BCUT2D eigenvalue weighted by Crippen LogP contribution is -2.28. The second kappa shape index (κ2) is 5.82. The van der Waals surface area contributed by atoms with E-state index >= 15 is 0 Å². The topological polar surface area (TPSA) is 46.5 Å². The predicted molar refractivity (Wildman–Crippen MR) is 66.5 cm³/mol. The van der Waals surface area contributed by atoms with Crippen LogP contribution in [0.25, 0.3) is 0 Å². The Morgan fingerprint density at radius 2 is 1.76 bits per heavy atom. The van der Waals surface area contributed by atoms with Gasteiger partial charge in [0.25, 0.3) is 0 Å². The maximum Gasteiger partial charge on any atom is 0.311 e. The molecule has 94 valence electrons. The lowest BCUT2D eigenvalue weighted by atomic mass is 9.85. The van der Waals surface area contributed by atoms with E-state index in [0.717, 1.165) is 11.1 Å². The molecule has 0 amide bonds. The average molecular weight is 236 g/mol. The molecule has 3 heteroatoms. The van der Waals surface area contributed by atoms with Gasteiger partial charge in [0.05, 0.1) is 18.6 Å². The largest absolute Gasteiger partial charge is 0.466 e. The molecule has 0 unspecified atom stereocenters. The highest BCUT2D eigenvalue weighted by Gasteiger charge is 2.29. The maximum absolute atomic E-state index is 11.7. The van der Waals surface area contributed by atoms with Crippen molar-refractivity contribution in [1.29, 1.82) is 0 Å². The van der Waals surface area contributed by atoms with Crippen LogP contribution in [0.5, 0.6) is 0 Å². The van der Waals surface area contributed by atoms with Crippen LogP contribution in [0.3, 0.4) is 0 Å². The smallest absolute Gasteiger partial charge is 0.311 e. The zero-order valence-electron chi connectivity index (χ0n) is 10.7. The molecule has 0 radical (unpaired) electrons. The molecule has 0 heterocycles. The number of aliphatic hydroxyl groups excluding tert-OH is 1. The molecule has 17 heavy (non-hydrogen) atoms. The highest BCUT2D eigenvalue weighted by atomic mass is 16.5. The lowest BCUT2D eigenvalue weighted by molar-refractivity contribution is -0.153. The van der Waals surface area contributed by atoms with Gasteiger partial charge in [-0.2, -0.15) is 0 Å². The maximum atomic E-state index is 11.7. The number of ether oxygens (including phenoxy) is 1. The molecule has 0 bridgehead atoms. The monoisotopic (exact) mass is 236 g/mol. The van der Waals surface area contributed by atoms with Gasteiger partial charge in [-0.15, -0.1) is 0 Å². The molecule has 1 aromatic rings. The molecular weight excluding hydrogens is 216 g/mol. The summed E-state index contributed by atoms with van der Waals surface area (Å²) in [5.41, 5.74) is 1.43. The van der Waals surface area contributed by atoms with Gasteiger partial charge < -0.3 is 9.84 Å². The molecule has 1 N–H and O–H groups in total. The number of carbonyl (C=O) groups is 1. The van der Waals surface area contributed by atoms with Gasteiger partial charge in [0.15, 0.2) is 0 Å². The first-order valence-electron chi connectivity index (χ1n) is 5.85. The van der Waals surface area contributed by atoms with Crippen LogP contribution in [0.2, 0.25) is 0 Å². The molecule has 3 nitrogen and oxygen atoms in total. The van der Waals surface area contributed by atoms with Crippen LogP contribution in [-0.2, 0) is 22.6 Å². The van der Waals surface area contributed by atoms with Gasteiger partial charge >= 0.3 is 5.97 Å². The zero-order valence-corrected chi connectivity index (χ0v) is 10.7. The molecule has 1 rings (SSSR count). The van der Waals surface area contributed by atoms with E-state index in [-0.39, 0.29) is 12.6 Å². The summed E-state index contributed by atoms with van der Waals surface area (Å²) in [5, 5.41) is 8.95. The standard InChI is InChI=1S/C14H20O3/c1-4-17-13(16)14(2,3)9-11-5-7-12(10-15)8-6-11/h5-8,15H,4,9-10H2,1-3H3. The first kappa shape index (κ1) is 13.7. The van der Waals surface area contributed by atoms with Gasteiger partial charge in [-0.1, -0.05) is 24.3 Å². The van der Waals surface area contributed by atoms with E-state index in [9.17, 15) is 4.79 Å². The van der Waals surface area contributed by atoms with E-state index in [1.54, 1.807) is 0 Å². The van der Waals surface area contributed by atoms with E-state index in [1.165, 1.54) is 0 Å². The number of hydrogen-bond donors (Lipinski definition) is 1. The van der Waals surface area contributed by atoms with Crippen molar-refractivity contribution >= 4 is 5.97 Å². The van der Waals surface area contributed by atoms with Crippen molar-refractivity contribution in [1.82, 2.24) is 0 Å². The van der Waals surface area contributed by atoms with Crippen molar-refractivity contribution in [2.24, 2.45) is 5.41 Å². The Hall–Kier alpha value is -1.35.